The van der Waals surface area contributed by atoms with E-state index in [0.717, 1.165) is 0 Å². The van der Waals surface area contributed by atoms with Crippen LogP contribution < -0.4 is 16.0 Å². The van der Waals surface area contributed by atoms with Crippen molar-refractivity contribution in [3.63, 3.8) is 0 Å². The lowest BCUT2D eigenvalue weighted by atomic mass is 10.1. The van der Waals surface area contributed by atoms with Gasteiger partial charge in [-0.2, -0.15) is 0 Å². The molecule has 2 aromatic rings. The van der Waals surface area contributed by atoms with E-state index in [-0.39, 0.29) is 30.8 Å². The van der Waals surface area contributed by atoms with Gasteiger partial charge in [0.1, 0.15) is 5.82 Å². The van der Waals surface area contributed by atoms with Gasteiger partial charge in [-0.15, -0.1) is 23.7 Å². The molecule has 0 aliphatic heterocycles. The number of benzene rings is 1. The van der Waals surface area contributed by atoms with Crippen LogP contribution in [0.4, 0.5) is 15.2 Å². The van der Waals surface area contributed by atoms with Gasteiger partial charge in [0, 0.05) is 37.2 Å². The van der Waals surface area contributed by atoms with Gasteiger partial charge in [0.2, 0.25) is 11.8 Å². The van der Waals surface area contributed by atoms with Crippen molar-refractivity contribution in [3.8, 4) is 11.3 Å². The second kappa shape index (κ2) is 10.8. The molecule has 0 bridgehead atoms. The maximum Gasteiger partial charge on any atom is 0.240 e. The van der Waals surface area contributed by atoms with Crippen LogP contribution in [0.3, 0.4) is 0 Å². The Labute approximate surface area is 160 Å². The minimum absolute atomic E-state index is 0. The minimum Gasteiger partial charge on any atom is -0.383 e. The Hall–Kier alpha value is -2.07. The zero-order valence-electron chi connectivity index (χ0n) is 14.3. The van der Waals surface area contributed by atoms with E-state index < -0.39 is 5.82 Å². The maximum atomic E-state index is 14.2. The summed E-state index contributed by atoms with van der Waals surface area (Å²) in [5.41, 5.74) is 1.09. The number of methoxy groups -OCH3 is 1. The van der Waals surface area contributed by atoms with Crippen LogP contribution in [0, 0.1) is 5.82 Å². The Bertz CT molecular complexity index is 757. The van der Waals surface area contributed by atoms with Gasteiger partial charge in [0.05, 0.1) is 18.8 Å². The molecule has 10 heteroatoms. The van der Waals surface area contributed by atoms with Crippen LogP contribution in [-0.2, 0) is 14.3 Å². The summed E-state index contributed by atoms with van der Waals surface area (Å²) in [5, 5.41) is 10.1. The molecule has 0 saturated heterocycles. The predicted octanol–water partition coefficient (Wildman–Crippen LogP) is 2.50. The number of nitrogens with one attached hydrogen (secondary N) is 3. The van der Waals surface area contributed by atoms with Gasteiger partial charge >= 0.3 is 0 Å². The number of aromatic nitrogens is 1. The van der Waals surface area contributed by atoms with Crippen LogP contribution in [0.25, 0.3) is 11.3 Å². The summed E-state index contributed by atoms with van der Waals surface area (Å²) in [4.78, 5) is 27.0. The Morgan fingerprint density at radius 1 is 1.31 bits per heavy atom. The van der Waals surface area contributed by atoms with Gasteiger partial charge < -0.3 is 20.7 Å². The molecule has 1 aromatic carbocycles. The largest absolute Gasteiger partial charge is 0.383 e. The van der Waals surface area contributed by atoms with Crippen molar-refractivity contribution in [1.29, 1.82) is 0 Å². The fraction of sp³-hybridized carbons (Fsp3) is 0.312. The first-order valence-electron chi connectivity index (χ1n) is 7.52. The Morgan fingerprint density at radius 2 is 2.08 bits per heavy atom. The van der Waals surface area contributed by atoms with E-state index in [1.165, 1.54) is 30.4 Å². The highest BCUT2D eigenvalue weighted by molar-refractivity contribution is 7.14. The van der Waals surface area contributed by atoms with E-state index in [4.69, 9.17) is 4.74 Å². The molecule has 0 spiro atoms. The van der Waals surface area contributed by atoms with E-state index in [9.17, 15) is 14.0 Å². The highest BCUT2D eigenvalue weighted by Crippen LogP contribution is 2.28. The molecule has 2 rings (SSSR count). The van der Waals surface area contributed by atoms with Crippen molar-refractivity contribution in [1.82, 2.24) is 10.3 Å². The van der Waals surface area contributed by atoms with E-state index in [0.29, 0.717) is 35.2 Å². The molecular formula is C16H20ClFN4O3S. The molecular weight excluding hydrogens is 383 g/mol. The average molecular weight is 403 g/mol. The monoisotopic (exact) mass is 402 g/mol. The predicted molar refractivity (Wildman–Crippen MR) is 102 cm³/mol. The lowest BCUT2D eigenvalue weighted by molar-refractivity contribution is -0.115. The second-order valence-electron chi connectivity index (χ2n) is 5.13. The molecule has 7 nitrogen and oxygen atoms in total. The third kappa shape index (κ3) is 6.68. The minimum atomic E-state index is -0.504. The standard InChI is InChI=1S/C16H19FN4O3S.ClH/c1-10(22)19-11-3-4-12(13(17)7-11)14-9-25-16(20-14)21-15(23)8-18-5-6-24-2;/h3-4,7,9,18H,5-6,8H2,1-2H3,(H,19,22)(H,20,21,23);1H. The molecule has 1 heterocycles. The molecule has 0 saturated carbocycles. The molecule has 0 radical (unpaired) electrons. The highest BCUT2D eigenvalue weighted by atomic mass is 35.5. The quantitative estimate of drug-likeness (QED) is 0.590. The Balaban J connectivity index is 0.00000338. The SMILES string of the molecule is COCCNCC(=O)Nc1nc(-c2ccc(NC(C)=O)cc2F)cs1.Cl. The van der Waals surface area contributed by atoms with E-state index in [1.807, 2.05) is 0 Å². The first kappa shape index (κ1) is 22.0. The van der Waals surface area contributed by atoms with Crippen LogP contribution in [0.2, 0.25) is 0 Å². The van der Waals surface area contributed by atoms with Gasteiger partial charge in [-0.1, -0.05) is 0 Å². The Kier molecular flexibility index (Phi) is 9.14. The van der Waals surface area contributed by atoms with Crippen LogP contribution in [-0.4, -0.2) is 43.6 Å². The summed E-state index contributed by atoms with van der Waals surface area (Å²) in [6.45, 7) is 2.57. The van der Waals surface area contributed by atoms with Crippen molar-refractivity contribution in [2.24, 2.45) is 0 Å². The lowest BCUT2D eigenvalue weighted by Gasteiger charge is -2.05. The zero-order valence-corrected chi connectivity index (χ0v) is 15.9. The third-order valence-electron chi connectivity index (χ3n) is 3.08. The van der Waals surface area contributed by atoms with Gasteiger partial charge in [-0.25, -0.2) is 9.37 Å². The number of ether oxygens (including phenoxy) is 1. The van der Waals surface area contributed by atoms with Crippen molar-refractivity contribution in [3.05, 3.63) is 29.4 Å². The molecule has 3 N–H and O–H groups in total. The average Bonchev–Trinajstić information content (AvgIpc) is 2.99. The van der Waals surface area contributed by atoms with Crippen LogP contribution in [0.1, 0.15) is 6.92 Å². The molecule has 142 valence electrons. The van der Waals surface area contributed by atoms with Crippen molar-refractivity contribution >= 4 is 46.4 Å². The fourth-order valence-corrected chi connectivity index (χ4v) is 2.73. The smallest absolute Gasteiger partial charge is 0.240 e. The lowest BCUT2D eigenvalue weighted by Crippen LogP contribution is -2.30. The molecule has 0 fully saturated rings. The fourth-order valence-electron chi connectivity index (χ4n) is 2.00. The van der Waals surface area contributed by atoms with Crippen molar-refractivity contribution in [2.45, 2.75) is 6.92 Å². The first-order valence-corrected chi connectivity index (χ1v) is 8.40. The number of halogens is 2. The van der Waals surface area contributed by atoms with Crippen LogP contribution in [0.5, 0.6) is 0 Å². The van der Waals surface area contributed by atoms with Crippen molar-refractivity contribution < 1.29 is 18.7 Å². The van der Waals surface area contributed by atoms with Gasteiger partial charge in [-0.3, -0.25) is 9.59 Å². The highest BCUT2D eigenvalue weighted by Gasteiger charge is 2.12. The molecule has 26 heavy (non-hydrogen) atoms. The number of carbonyl (C=O) groups is 2. The molecule has 0 unspecified atom stereocenters. The summed E-state index contributed by atoms with van der Waals surface area (Å²) in [6, 6.07) is 4.36. The van der Waals surface area contributed by atoms with Crippen LogP contribution >= 0.6 is 23.7 Å². The molecule has 0 aliphatic carbocycles. The normalized spacial score (nSPS) is 10.1. The maximum absolute atomic E-state index is 14.2. The summed E-state index contributed by atoms with van der Waals surface area (Å²) in [7, 11) is 1.58. The summed E-state index contributed by atoms with van der Waals surface area (Å²) in [6.07, 6.45) is 0. The topological polar surface area (TPSA) is 92.3 Å². The number of carbonyl (C=O) groups excluding carboxylic acids is 2. The molecule has 0 atom stereocenters. The first-order chi connectivity index (χ1) is 12.0. The Morgan fingerprint density at radius 3 is 2.73 bits per heavy atom. The number of rotatable bonds is 8. The van der Waals surface area contributed by atoms with Gasteiger partial charge in [0.25, 0.3) is 0 Å². The van der Waals surface area contributed by atoms with Crippen molar-refractivity contribution in [2.75, 3.05) is 37.4 Å². The van der Waals surface area contributed by atoms with Gasteiger partial charge in [0.15, 0.2) is 5.13 Å². The van der Waals surface area contributed by atoms with Gasteiger partial charge in [-0.05, 0) is 18.2 Å². The number of anilines is 2. The number of amides is 2. The van der Waals surface area contributed by atoms with E-state index in [1.54, 1.807) is 18.6 Å². The van der Waals surface area contributed by atoms with E-state index in [2.05, 4.69) is 20.9 Å². The van der Waals surface area contributed by atoms with E-state index >= 15 is 0 Å². The molecule has 1 aromatic heterocycles. The number of nitrogens with zero attached hydrogens (tertiary/aromatic N) is 1. The summed E-state index contributed by atoms with van der Waals surface area (Å²) < 4.78 is 19.1. The molecule has 2 amide bonds. The number of hydrogen-bond donors (Lipinski definition) is 3. The zero-order chi connectivity index (χ0) is 18.2. The summed E-state index contributed by atoms with van der Waals surface area (Å²) in [5.74, 6) is -1.01. The molecule has 0 aliphatic rings. The third-order valence-corrected chi connectivity index (χ3v) is 3.84. The van der Waals surface area contributed by atoms with Crippen LogP contribution in [0.15, 0.2) is 23.6 Å². The summed E-state index contributed by atoms with van der Waals surface area (Å²) >= 11 is 1.21. The second-order valence-corrected chi connectivity index (χ2v) is 5.99. The number of hydrogen-bond acceptors (Lipinski definition) is 6. The number of thiazole rings is 1.